The van der Waals surface area contributed by atoms with Crippen LogP contribution in [0.3, 0.4) is 0 Å². The van der Waals surface area contributed by atoms with Gasteiger partial charge in [-0.3, -0.25) is 9.78 Å². The van der Waals surface area contributed by atoms with Crippen molar-refractivity contribution in [1.29, 1.82) is 0 Å². The van der Waals surface area contributed by atoms with Crippen LogP contribution in [0.2, 0.25) is 0 Å². The molecule has 3 rings (SSSR count). The molecule has 5 heteroatoms. The first-order chi connectivity index (χ1) is 9.22. The van der Waals surface area contributed by atoms with Crippen molar-refractivity contribution in [3.8, 4) is 11.3 Å². The third kappa shape index (κ3) is 2.51. The van der Waals surface area contributed by atoms with Gasteiger partial charge in [0.2, 0.25) is 5.95 Å². The van der Waals surface area contributed by atoms with Crippen LogP contribution >= 0.6 is 0 Å². The second kappa shape index (κ2) is 4.85. The van der Waals surface area contributed by atoms with E-state index in [4.69, 9.17) is 5.73 Å². The molecule has 0 spiro atoms. The summed E-state index contributed by atoms with van der Waals surface area (Å²) in [7, 11) is 0. The Morgan fingerprint density at radius 3 is 2.79 bits per heavy atom. The third-order valence-corrected chi connectivity index (χ3v) is 3.32. The Morgan fingerprint density at radius 1 is 1.32 bits per heavy atom. The smallest absolute Gasteiger partial charge is 0.252 e. The van der Waals surface area contributed by atoms with Gasteiger partial charge in [0.05, 0.1) is 5.69 Å². The third-order valence-electron chi connectivity index (χ3n) is 3.32. The monoisotopic (exact) mass is 256 g/mol. The fourth-order valence-electron chi connectivity index (χ4n) is 2.33. The van der Waals surface area contributed by atoms with Crippen molar-refractivity contribution < 1.29 is 0 Å². The lowest BCUT2D eigenvalue weighted by molar-refractivity contribution is 0.750. The van der Waals surface area contributed by atoms with Crippen molar-refractivity contribution in [3.63, 3.8) is 0 Å². The molecule has 1 atom stereocenters. The van der Waals surface area contributed by atoms with Gasteiger partial charge < -0.3 is 10.6 Å². The summed E-state index contributed by atoms with van der Waals surface area (Å²) in [6.07, 6.45) is 0.930. The highest BCUT2D eigenvalue weighted by Crippen LogP contribution is 2.19. The molecule has 19 heavy (non-hydrogen) atoms. The molecule has 1 fully saturated rings. The van der Waals surface area contributed by atoms with Crippen LogP contribution in [-0.2, 0) is 0 Å². The first-order valence-electron chi connectivity index (χ1n) is 6.40. The molecule has 0 aliphatic carbocycles. The molecule has 0 unspecified atom stereocenters. The largest absolute Gasteiger partial charge is 0.341 e. The Bertz CT molecular complexity index is 623. The van der Waals surface area contributed by atoms with Crippen molar-refractivity contribution in [2.75, 3.05) is 18.0 Å². The predicted molar refractivity (Wildman–Crippen MR) is 75.1 cm³/mol. The van der Waals surface area contributed by atoms with Gasteiger partial charge in [-0.1, -0.05) is 30.3 Å². The SMILES string of the molecule is N[C@H]1CCN(c2nc(-c3ccccc3)cc(=O)[nH]2)C1. The molecule has 0 radical (unpaired) electrons. The highest BCUT2D eigenvalue weighted by molar-refractivity contribution is 5.59. The van der Waals surface area contributed by atoms with E-state index in [1.54, 1.807) is 0 Å². The summed E-state index contributed by atoms with van der Waals surface area (Å²) in [6.45, 7) is 1.57. The standard InChI is InChI=1S/C14H16N4O/c15-11-6-7-18(9-11)14-16-12(8-13(19)17-14)10-4-2-1-3-5-10/h1-5,8,11H,6-7,9,15H2,(H,16,17,19)/t11-/m0/s1. The van der Waals surface area contributed by atoms with Crippen molar-refractivity contribution >= 4 is 5.95 Å². The van der Waals surface area contributed by atoms with Crippen LogP contribution in [0.5, 0.6) is 0 Å². The quantitative estimate of drug-likeness (QED) is 0.839. The Labute approximate surface area is 111 Å². The van der Waals surface area contributed by atoms with E-state index in [0.29, 0.717) is 11.6 Å². The van der Waals surface area contributed by atoms with E-state index in [0.717, 1.165) is 25.1 Å². The molecular weight excluding hydrogens is 240 g/mol. The highest BCUT2D eigenvalue weighted by atomic mass is 16.1. The Morgan fingerprint density at radius 2 is 2.11 bits per heavy atom. The van der Waals surface area contributed by atoms with Gasteiger partial charge in [-0.2, -0.15) is 0 Å². The topological polar surface area (TPSA) is 75.0 Å². The molecular formula is C14H16N4O. The summed E-state index contributed by atoms with van der Waals surface area (Å²) in [5, 5.41) is 0. The number of H-pyrrole nitrogens is 1. The molecule has 1 aromatic carbocycles. The summed E-state index contributed by atoms with van der Waals surface area (Å²) in [5.74, 6) is 0.610. The zero-order valence-corrected chi connectivity index (χ0v) is 10.5. The lowest BCUT2D eigenvalue weighted by Gasteiger charge is -2.16. The maximum atomic E-state index is 11.8. The lowest BCUT2D eigenvalue weighted by atomic mass is 10.1. The van der Waals surface area contributed by atoms with Gasteiger partial charge in [-0.25, -0.2) is 4.98 Å². The van der Waals surface area contributed by atoms with Crippen molar-refractivity contribution in [1.82, 2.24) is 9.97 Å². The first-order valence-corrected chi connectivity index (χ1v) is 6.40. The average Bonchev–Trinajstić information content (AvgIpc) is 2.86. The number of aromatic nitrogens is 2. The number of aromatic amines is 1. The number of nitrogens with zero attached hydrogens (tertiary/aromatic N) is 2. The molecule has 0 bridgehead atoms. The van der Waals surface area contributed by atoms with Gasteiger partial charge in [-0.15, -0.1) is 0 Å². The second-order valence-corrected chi connectivity index (χ2v) is 4.82. The number of hydrogen-bond donors (Lipinski definition) is 2. The van der Waals surface area contributed by atoms with Crippen LogP contribution < -0.4 is 16.2 Å². The molecule has 0 amide bonds. The molecule has 3 N–H and O–H groups in total. The normalized spacial score (nSPS) is 18.8. The number of benzene rings is 1. The minimum atomic E-state index is -0.135. The molecule has 1 aromatic heterocycles. The summed E-state index contributed by atoms with van der Waals surface area (Å²) < 4.78 is 0. The van der Waals surface area contributed by atoms with Crippen LogP contribution in [-0.4, -0.2) is 29.1 Å². The van der Waals surface area contributed by atoms with Crippen LogP contribution in [0.4, 0.5) is 5.95 Å². The molecule has 98 valence electrons. The van der Waals surface area contributed by atoms with Gasteiger partial charge in [0, 0.05) is 30.8 Å². The van der Waals surface area contributed by atoms with Gasteiger partial charge in [0.15, 0.2) is 0 Å². The van der Waals surface area contributed by atoms with E-state index < -0.39 is 0 Å². The van der Waals surface area contributed by atoms with E-state index in [2.05, 4.69) is 9.97 Å². The van der Waals surface area contributed by atoms with Crippen LogP contribution in [0.1, 0.15) is 6.42 Å². The second-order valence-electron chi connectivity index (χ2n) is 4.82. The number of hydrogen-bond acceptors (Lipinski definition) is 4. The van der Waals surface area contributed by atoms with Gasteiger partial charge in [-0.05, 0) is 6.42 Å². The van der Waals surface area contributed by atoms with Crippen LogP contribution in [0, 0.1) is 0 Å². The lowest BCUT2D eigenvalue weighted by Crippen LogP contribution is -2.29. The summed E-state index contributed by atoms with van der Waals surface area (Å²) in [6, 6.07) is 11.4. The van der Waals surface area contributed by atoms with E-state index in [-0.39, 0.29) is 11.6 Å². The van der Waals surface area contributed by atoms with Crippen molar-refractivity contribution in [3.05, 3.63) is 46.8 Å². The fraction of sp³-hybridized carbons (Fsp3) is 0.286. The number of nitrogens with two attached hydrogens (primary N) is 1. The number of rotatable bonds is 2. The maximum Gasteiger partial charge on any atom is 0.252 e. The highest BCUT2D eigenvalue weighted by Gasteiger charge is 2.21. The molecule has 2 aromatic rings. The zero-order chi connectivity index (χ0) is 13.2. The van der Waals surface area contributed by atoms with Crippen molar-refractivity contribution in [2.24, 2.45) is 5.73 Å². The number of nitrogens with one attached hydrogen (secondary N) is 1. The maximum absolute atomic E-state index is 11.8. The van der Waals surface area contributed by atoms with Crippen LogP contribution in [0.25, 0.3) is 11.3 Å². The van der Waals surface area contributed by atoms with E-state index in [1.165, 1.54) is 6.07 Å². The van der Waals surface area contributed by atoms with Gasteiger partial charge in [0.25, 0.3) is 5.56 Å². The first kappa shape index (κ1) is 11.9. The minimum absolute atomic E-state index is 0.135. The molecule has 1 saturated heterocycles. The number of anilines is 1. The van der Waals surface area contributed by atoms with E-state index in [9.17, 15) is 4.79 Å². The van der Waals surface area contributed by atoms with E-state index >= 15 is 0 Å². The summed E-state index contributed by atoms with van der Waals surface area (Å²) in [4.78, 5) is 21.1. The molecule has 0 saturated carbocycles. The zero-order valence-electron chi connectivity index (χ0n) is 10.5. The van der Waals surface area contributed by atoms with Gasteiger partial charge in [0.1, 0.15) is 0 Å². The van der Waals surface area contributed by atoms with E-state index in [1.807, 2.05) is 35.2 Å². The summed E-state index contributed by atoms with van der Waals surface area (Å²) in [5.41, 5.74) is 7.39. The summed E-state index contributed by atoms with van der Waals surface area (Å²) >= 11 is 0. The minimum Gasteiger partial charge on any atom is -0.341 e. The Kier molecular flexibility index (Phi) is 3.05. The van der Waals surface area contributed by atoms with Gasteiger partial charge >= 0.3 is 0 Å². The molecule has 2 heterocycles. The van der Waals surface area contributed by atoms with Crippen molar-refractivity contribution in [2.45, 2.75) is 12.5 Å². The fourth-order valence-corrected chi connectivity index (χ4v) is 2.33. The Balaban J connectivity index is 1.99. The molecule has 1 aliphatic heterocycles. The molecule has 1 aliphatic rings. The Hall–Kier alpha value is -2.14. The van der Waals surface area contributed by atoms with Crippen LogP contribution in [0.15, 0.2) is 41.2 Å². The predicted octanol–water partition coefficient (Wildman–Crippen LogP) is 0.974. The molecule has 5 nitrogen and oxygen atoms in total. The average molecular weight is 256 g/mol.